The Labute approximate surface area is 72.1 Å². The summed E-state index contributed by atoms with van der Waals surface area (Å²) in [5.74, 6) is 0. The van der Waals surface area contributed by atoms with Crippen molar-refractivity contribution in [2.24, 2.45) is 0 Å². The summed E-state index contributed by atoms with van der Waals surface area (Å²) >= 11 is 5.54. The first-order chi connectivity index (χ1) is 3.39. The van der Waals surface area contributed by atoms with E-state index in [0.29, 0.717) is 0 Å². The van der Waals surface area contributed by atoms with Gasteiger partial charge in [0, 0.05) is 5.02 Å². The number of hydrogen-bond donors (Lipinski definition) is 0. The predicted molar refractivity (Wildman–Crippen MR) is 32.1 cm³/mol. The molecule has 0 radical (unpaired) electrons. The molecule has 0 fully saturated rings. The molecule has 44 valence electrons. The summed E-state index contributed by atoms with van der Waals surface area (Å²) in [5.41, 5.74) is 0. The fourth-order valence-electron chi connectivity index (χ4n) is 0.415. The normalized spacial score (nSPS) is 6.78. The minimum atomic E-state index is 0. The number of rotatable bonds is 0. The second-order valence-electron chi connectivity index (χ2n) is 1.30. The Balaban J connectivity index is 0. The molecule has 0 saturated heterocycles. The average Bonchev–Trinajstić information content (AvgIpc) is 1.69. The van der Waals surface area contributed by atoms with Crippen LogP contribution in [0.5, 0.6) is 0 Å². The van der Waals surface area contributed by atoms with Gasteiger partial charge in [-0.1, -0.05) is 29.8 Å². The fourth-order valence-corrected chi connectivity index (χ4v) is 0.560. The van der Waals surface area contributed by atoms with E-state index in [9.17, 15) is 0 Å². The molecule has 1 rings (SSSR count). The summed E-state index contributed by atoms with van der Waals surface area (Å²) in [7, 11) is 0. The van der Waals surface area contributed by atoms with Crippen LogP contribution >= 0.6 is 11.6 Å². The standard InChI is InChI=1S/C6H5Cl.O.Zn/c7-6-4-2-1-3-5-6;;/h1-5H;;/q;-2;+2. The SMILES string of the molecule is Clc1ccccc1.[O-2].[Zn+2]. The van der Waals surface area contributed by atoms with Crippen LogP contribution < -0.4 is 0 Å². The maximum atomic E-state index is 5.54. The number of halogens is 1. The Hall–Kier alpha value is 0.0934. The molecule has 0 N–H and O–H groups in total. The summed E-state index contributed by atoms with van der Waals surface area (Å²) < 4.78 is 0. The topological polar surface area (TPSA) is 28.5 Å². The van der Waals surface area contributed by atoms with Gasteiger partial charge in [0.25, 0.3) is 0 Å². The van der Waals surface area contributed by atoms with Crippen LogP contribution in [-0.4, -0.2) is 0 Å². The van der Waals surface area contributed by atoms with Crippen LogP contribution in [-0.2, 0) is 25.0 Å². The van der Waals surface area contributed by atoms with Crippen LogP contribution in [0.4, 0.5) is 0 Å². The first-order valence-corrected chi connectivity index (χ1v) is 2.48. The van der Waals surface area contributed by atoms with Crippen LogP contribution in [0, 0.1) is 0 Å². The molecular weight excluding hydrogens is 189 g/mol. The predicted octanol–water partition coefficient (Wildman–Crippen LogP) is 2.22. The van der Waals surface area contributed by atoms with Crippen molar-refractivity contribution in [1.29, 1.82) is 0 Å². The van der Waals surface area contributed by atoms with Gasteiger partial charge in [-0.15, -0.1) is 0 Å². The van der Waals surface area contributed by atoms with Crippen molar-refractivity contribution in [2.75, 3.05) is 0 Å². The molecule has 1 aromatic carbocycles. The van der Waals surface area contributed by atoms with E-state index in [1.54, 1.807) is 0 Å². The molecule has 0 aliphatic heterocycles. The summed E-state index contributed by atoms with van der Waals surface area (Å²) in [6.07, 6.45) is 0. The minimum absolute atomic E-state index is 0. The molecule has 0 amide bonds. The molecule has 0 heterocycles. The Bertz CT molecular complexity index is 143. The summed E-state index contributed by atoms with van der Waals surface area (Å²) in [4.78, 5) is 0. The second kappa shape index (κ2) is 6.22. The van der Waals surface area contributed by atoms with Crippen LogP contribution in [0.15, 0.2) is 30.3 Å². The molecular formula is C6H5ClOZn. The van der Waals surface area contributed by atoms with E-state index in [0.717, 1.165) is 5.02 Å². The summed E-state index contributed by atoms with van der Waals surface area (Å²) in [5, 5.41) is 0.794. The molecule has 0 atom stereocenters. The Morgan fingerprint density at radius 2 is 1.44 bits per heavy atom. The van der Waals surface area contributed by atoms with Gasteiger partial charge in [-0.25, -0.2) is 0 Å². The molecule has 0 unspecified atom stereocenters. The van der Waals surface area contributed by atoms with Gasteiger partial charge in [-0.05, 0) is 12.1 Å². The van der Waals surface area contributed by atoms with E-state index in [4.69, 9.17) is 11.6 Å². The third kappa shape index (κ3) is 4.59. The first kappa shape index (κ1) is 11.8. The van der Waals surface area contributed by atoms with Crippen molar-refractivity contribution in [3.8, 4) is 0 Å². The quantitative estimate of drug-likeness (QED) is 0.566. The molecule has 0 aliphatic rings. The van der Waals surface area contributed by atoms with Gasteiger partial charge >= 0.3 is 19.5 Å². The average molecular weight is 194 g/mol. The van der Waals surface area contributed by atoms with Crippen molar-refractivity contribution in [3.63, 3.8) is 0 Å². The molecule has 1 aromatic rings. The van der Waals surface area contributed by atoms with E-state index < -0.39 is 0 Å². The van der Waals surface area contributed by atoms with E-state index in [1.165, 1.54) is 0 Å². The molecule has 1 nitrogen and oxygen atoms in total. The molecule has 0 bridgehead atoms. The second-order valence-corrected chi connectivity index (χ2v) is 1.73. The largest absolute Gasteiger partial charge is 2.00 e. The van der Waals surface area contributed by atoms with Gasteiger partial charge in [0.05, 0.1) is 0 Å². The van der Waals surface area contributed by atoms with Crippen LogP contribution in [0.1, 0.15) is 0 Å². The van der Waals surface area contributed by atoms with Crippen LogP contribution in [0.25, 0.3) is 0 Å². The van der Waals surface area contributed by atoms with E-state index in [1.807, 2.05) is 30.3 Å². The summed E-state index contributed by atoms with van der Waals surface area (Å²) in [6.45, 7) is 0. The maximum Gasteiger partial charge on any atom is 2.00 e. The van der Waals surface area contributed by atoms with E-state index >= 15 is 0 Å². The maximum absolute atomic E-state index is 5.54. The Morgan fingerprint density at radius 3 is 1.67 bits per heavy atom. The first-order valence-electron chi connectivity index (χ1n) is 2.10. The van der Waals surface area contributed by atoms with Gasteiger partial charge in [0.2, 0.25) is 0 Å². The van der Waals surface area contributed by atoms with Gasteiger partial charge in [0.1, 0.15) is 0 Å². The van der Waals surface area contributed by atoms with Gasteiger partial charge in [0.15, 0.2) is 0 Å². The van der Waals surface area contributed by atoms with Gasteiger partial charge < -0.3 is 5.48 Å². The monoisotopic (exact) mass is 192 g/mol. The molecule has 9 heavy (non-hydrogen) atoms. The van der Waals surface area contributed by atoms with Crippen molar-refractivity contribution < 1.29 is 25.0 Å². The van der Waals surface area contributed by atoms with Crippen LogP contribution in [0.3, 0.4) is 0 Å². The number of benzene rings is 1. The van der Waals surface area contributed by atoms with Crippen molar-refractivity contribution in [1.82, 2.24) is 0 Å². The fraction of sp³-hybridized carbons (Fsp3) is 0. The van der Waals surface area contributed by atoms with Crippen molar-refractivity contribution in [3.05, 3.63) is 35.4 Å². The van der Waals surface area contributed by atoms with Crippen LogP contribution in [0.2, 0.25) is 5.02 Å². The third-order valence-corrected chi connectivity index (χ3v) is 0.985. The minimum Gasteiger partial charge on any atom is -2.00 e. The third-order valence-electron chi connectivity index (χ3n) is 0.733. The zero-order valence-corrected chi connectivity index (χ0v) is 8.60. The van der Waals surface area contributed by atoms with Crippen molar-refractivity contribution in [2.45, 2.75) is 0 Å². The molecule has 0 spiro atoms. The molecule has 0 aromatic heterocycles. The Morgan fingerprint density at radius 1 is 1.00 bits per heavy atom. The van der Waals surface area contributed by atoms with Gasteiger partial charge in [-0.3, -0.25) is 0 Å². The molecule has 0 saturated carbocycles. The van der Waals surface area contributed by atoms with E-state index in [-0.39, 0.29) is 25.0 Å². The number of hydrogen-bond acceptors (Lipinski definition) is 0. The van der Waals surface area contributed by atoms with Crippen molar-refractivity contribution >= 4 is 11.6 Å². The summed E-state index contributed by atoms with van der Waals surface area (Å²) in [6, 6.07) is 9.44. The smallest absolute Gasteiger partial charge is 2.00 e. The molecule has 0 aliphatic carbocycles. The zero-order valence-electron chi connectivity index (χ0n) is 4.88. The van der Waals surface area contributed by atoms with E-state index in [2.05, 4.69) is 0 Å². The van der Waals surface area contributed by atoms with Gasteiger partial charge in [-0.2, -0.15) is 0 Å². The zero-order chi connectivity index (χ0) is 5.11. The molecule has 3 heteroatoms. The Kier molecular flexibility index (Phi) is 8.18.